The van der Waals surface area contributed by atoms with Gasteiger partial charge >= 0.3 is 5.97 Å². The van der Waals surface area contributed by atoms with Crippen molar-refractivity contribution in [2.45, 2.75) is 26.8 Å². The Morgan fingerprint density at radius 2 is 2.28 bits per heavy atom. The Morgan fingerprint density at radius 3 is 2.83 bits per heavy atom. The summed E-state index contributed by atoms with van der Waals surface area (Å²) in [6.07, 6.45) is 1.64. The molecule has 1 aromatic heterocycles. The third-order valence-electron chi connectivity index (χ3n) is 2.68. The first-order valence-electron chi connectivity index (χ1n) is 6.18. The minimum atomic E-state index is -0.368. The summed E-state index contributed by atoms with van der Waals surface area (Å²) in [4.78, 5) is 16.0. The molecular formula is C13H21N3O2. The maximum Gasteiger partial charge on any atom is 0.341 e. The average molecular weight is 251 g/mol. The molecule has 3 N–H and O–H groups in total. The van der Waals surface area contributed by atoms with Crippen LogP contribution in [0.15, 0.2) is 18.3 Å². The van der Waals surface area contributed by atoms with Crippen molar-refractivity contribution in [1.82, 2.24) is 4.98 Å². The van der Waals surface area contributed by atoms with Gasteiger partial charge < -0.3 is 15.8 Å². The lowest BCUT2D eigenvalue weighted by atomic mass is 10.0. The van der Waals surface area contributed by atoms with Crippen molar-refractivity contribution in [3.05, 3.63) is 23.9 Å². The van der Waals surface area contributed by atoms with Gasteiger partial charge in [-0.3, -0.25) is 0 Å². The van der Waals surface area contributed by atoms with Crippen LogP contribution in [0.1, 0.15) is 31.1 Å². The van der Waals surface area contributed by atoms with E-state index >= 15 is 0 Å². The van der Waals surface area contributed by atoms with Gasteiger partial charge in [0.05, 0.1) is 6.61 Å². The largest absolute Gasteiger partial charge is 0.462 e. The Kier molecular flexibility index (Phi) is 5.58. The molecule has 0 aliphatic heterocycles. The monoisotopic (exact) mass is 251 g/mol. The van der Waals surface area contributed by atoms with Gasteiger partial charge in [0.1, 0.15) is 11.4 Å². The molecule has 1 unspecified atom stereocenters. The summed E-state index contributed by atoms with van der Waals surface area (Å²) >= 11 is 0. The number of anilines is 1. The fourth-order valence-corrected chi connectivity index (χ4v) is 1.57. The number of hydrogen-bond acceptors (Lipinski definition) is 5. The topological polar surface area (TPSA) is 77.2 Å². The van der Waals surface area contributed by atoms with Crippen LogP contribution in [-0.4, -0.2) is 30.1 Å². The molecule has 0 saturated heterocycles. The van der Waals surface area contributed by atoms with Crippen LogP contribution in [0, 0.1) is 5.92 Å². The number of carbonyl (C=O) groups is 1. The molecule has 0 aliphatic rings. The van der Waals surface area contributed by atoms with Crippen LogP contribution in [-0.2, 0) is 4.74 Å². The van der Waals surface area contributed by atoms with Crippen LogP contribution in [0.2, 0.25) is 0 Å². The standard InChI is InChI=1S/C13H21N3O2/c1-4-18-13(17)10-6-5-7-15-12(10)16-11(8-14)9(2)3/h5-7,9,11H,4,8,14H2,1-3H3,(H,15,16). The van der Waals surface area contributed by atoms with Crippen molar-refractivity contribution < 1.29 is 9.53 Å². The smallest absolute Gasteiger partial charge is 0.341 e. The Labute approximate surface area is 108 Å². The number of ether oxygens (including phenoxy) is 1. The minimum Gasteiger partial charge on any atom is -0.462 e. The van der Waals surface area contributed by atoms with Gasteiger partial charge in [0.15, 0.2) is 0 Å². The molecule has 0 aromatic carbocycles. The van der Waals surface area contributed by atoms with Gasteiger partial charge in [0, 0.05) is 18.8 Å². The van der Waals surface area contributed by atoms with Crippen molar-refractivity contribution in [2.24, 2.45) is 11.7 Å². The van der Waals surface area contributed by atoms with Crippen molar-refractivity contribution in [3.63, 3.8) is 0 Å². The molecule has 100 valence electrons. The second-order valence-corrected chi connectivity index (χ2v) is 4.35. The number of nitrogens with two attached hydrogens (primary N) is 1. The summed E-state index contributed by atoms with van der Waals surface area (Å²) in [6.45, 7) is 6.74. The average Bonchev–Trinajstić information content (AvgIpc) is 2.36. The molecule has 0 bridgehead atoms. The van der Waals surface area contributed by atoms with Crippen molar-refractivity contribution in [1.29, 1.82) is 0 Å². The number of hydrogen-bond donors (Lipinski definition) is 2. The minimum absolute atomic E-state index is 0.0769. The van der Waals surface area contributed by atoms with Gasteiger partial charge in [-0.15, -0.1) is 0 Å². The van der Waals surface area contributed by atoms with E-state index in [2.05, 4.69) is 24.1 Å². The van der Waals surface area contributed by atoms with Crippen molar-refractivity contribution >= 4 is 11.8 Å². The molecule has 0 radical (unpaired) electrons. The number of pyridine rings is 1. The molecular weight excluding hydrogens is 230 g/mol. The van der Waals surface area contributed by atoms with Gasteiger partial charge in [-0.05, 0) is 25.0 Å². The van der Waals surface area contributed by atoms with Gasteiger partial charge in [-0.25, -0.2) is 9.78 Å². The molecule has 0 aliphatic carbocycles. The lowest BCUT2D eigenvalue weighted by molar-refractivity contribution is 0.0527. The van der Waals surface area contributed by atoms with Crippen molar-refractivity contribution in [3.8, 4) is 0 Å². The molecule has 0 saturated carbocycles. The Morgan fingerprint density at radius 1 is 1.56 bits per heavy atom. The predicted molar refractivity (Wildman–Crippen MR) is 71.5 cm³/mol. The van der Waals surface area contributed by atoms with E-state index in [0.29, 0.717) is 30.5 Å². The molecule has 1 rings (SSSR count). The molecule has 1 aromatic rings. The van der Waals surface area contributed by atoms with Gasteiger partial charge in [0.2, 0.25) is 0 Å². The molecule has 0 spiro atoms. The molecule has 0 fully saturated rings. The van der Waals surface area contributed by atoms with Crippen molar-refractivity contribution in [2.75, 3.05) is 18.5 Å². The fraction of sp³-hybridized carbons (Fsp3) is 0.538. The first-order valence-corrected chi connectivity index (χ1v) is 6.18. The van der Waals surface area contributed by atoms with E-state index in [1.54, 1.807) is 25.3 Å². The molecule has 5 heteroatoms. The van der Waals surface area contributed by atoms with E-state index < -0.39 is 0 Å². The molecule has 5 nitrogen and oxygen atoms in total. The number of nitrogens with one attached hydrogen (secondary N) is 1. The Bertz CT molecular complexity index is 394. The number of esters is 1. The van der Waals surface area contributed by atoms with E-state index in [0.717, 1.165) is 0 Å². The lowest BCUT2D eigenvalue weighted by Gasteiger charge is -2.22. The lowest BCUT2D eigenvalue weighted by Crippen LogP contribution is -2.34. The zero-order valence-electron chi connectivity index (χ0n) is 11.1. The summed E-state index contributed by atoms with van der Waals surface area (Å²) in [5.74, 6) is 0.514. The van der Waals surface area contributed by atoms with Crippen LogP contribution in [0.3, 0.4) is 0 Å². The molecule has 1 heterocycles. The van der Waals surface area contributed by atoms with Crippen LogP contribution < -0.4 is 11.1 Å². The van der Waals surface area contributed by atoms with Crippen LogP contribution >= 0.6 is 0 Å². The number of nitrogens with zero attached hydrogens (tertiary/aromatic N) is 1. The Balaban J connectivity index is 2.91. The molecule has 0 amide bonds. The zero-order valence-corrected chi connectivity index (χ0v) is 11.1. The molecule has 1 atom stereocenters. The second-order valence-electron chi connectivity index (χ2n) is 4.35. The normalized spacial score (nSPS) is 12.3. The number of aromatic nitrogens is 1. The van der Waals surface area contributed by atoms with Crippen LogP contribution in [0.5, 0.6) is 0 Å². The van der Waals surface area contributed by atoms with Crippen LogP contribution in [0.25, 0.3) is 0 Å². The van der Waals surface area contributed by atoms with Gasteiger partial charge in [0.25, 0.3) is 0 Å². The Hall–Kier alpha value is -1.62. The summed E-state index contributed by atoms with van der Waals surface area (Å²) in [5.41, 5.74) is 6.14. The van der Waals surface area contributed by atoms with Gasteiger partial charge in [-0.1, -0.05) is 13.8 Å². The van der Waals surface area contributed by atoms with E-state index in [1.165, 1.54) is 0 Å². The zero-order chi connectivity index (χ0) is 13.5. The number of carbonyl (C=O) groups excluding carboxylic acids is 1. The summed E-state index contributed by atoms with van der Waals surface area (Å²) in [6, 6.07) is 3.49. The van der Waals surface area contributed by atoms with Crippen LogP contribution in [0.4, 0.5) is 5.82 Å². The number of rotatable bonds is 6. The highest BCUT2D eigenvalue weighted by Crippen LogP contribution is 2.16. The van der Waals surface area contributed by atoms with E-state index in [-0.39, 0.29) is 12.0 Å². The van der Waals surface area contributed by atoms with Gasteiger partial charge in [-0.2, -0.15) is 0 Å². The maximum absolute atomic E-state index is 11.8. The summed E-state index contributed by atoms with van der Waals surface area (Å²) in [5, 5.41) is 3.20. The highest BCUT2D eigenvalue weighted by Gasteiger charge is 2.17. The highest BCUT2D eigenvalue weighted by atomic mass is 16.5. The SMILES string of the molecule is CCOC(=O)c1cccnc1NC(CN)C(C)C. The van der Waals surface area contributed by atoms with E-state index in [4.69, 9.17) is 10.5 Å². The second kappa shape index (κ2) is 6.96. The maximum atomic E-state index is 11.8. The first kappa shape index (κ1) is 14.4. The third kappa shape index (κ3) is 3.70. The predicted octanol–water partition coefficient (Wildman–Crippen LogP) is 1.65. The van der Waals surface area contributed by atoms with E-state index in [1.807, 2.05) is 0 Å². The summed E-state index contributed by atoms with van der Waals surface area (Å²) < 4.78 is 4.99. The summed E-state index contributed by atoms with van der Waals surface area (Å²) in [7, 11) is 0. The quantitative estimate of drug-likeness (QED) is 0.752. The molecule has 18 heavy (non-hydrogen) atoms. The fourth-order valence-electron chi connectivity index (χ4n) is 1.57. The van der Waals surface area contributed by atoms with E-state index in [9.17, 15) is 4.79 Å². The first-order chi connectivity index (χ1) is 8.60. The third-order valence-corrected chi connectivity index (χ3v) is 2.68. The highest BCUT2D eigenvalue weighted by molar-refractivity contribution is 5.94.